The number of primary amides is 1. The van der Waals surface area contributed by atoms with Crippen LogP contribution in [0.4, 0.5) is 0 Å². The van der Waals surface area contributed by atoms with Gasteiger partial charge in [0.25, 0.3) is 5.91 Å². The van der Waals surface area contributed by atoms with E-state index in [9.17, 15) is 4.79 Å². The standard InChI is InChI=1S/C18H17N5O3/c1-10-13(17(23-26-10)14-6-7-20-9-21-14)8-25-15-5-4-12(18(19)24)16(22-15)11-2-3-11/h4-7,9,11H,2-3,8H2,1H3,(H2,19,24). The molecule has 8 heteroatoms. The normalized spacial score (nSPS) is 13.6. The summed E-state index contributed by atoms with van der Waals surface area (Å²) in [6.45, 7) is 2.04. The van der Waals surface area contributed by atoms with Crippen LogP contribution in [0.3, 0.4) is 0 Å². The van der Waals surface area contributed by atoms with E-state index in [1.807, 2.05) is 6.92 Å². The highest BCUT2D eigenvalue weighted by atomic mass is 16.5. The van der Waals surface area contributed by atoms with Gasteiger partial charge in [-0.05, 0) is 31.9 Å². The Balaban J connectivity index is 1.58. The van der Waals surface area contributed by atoms with Gasteiger partial charge in [0.1, 0.15) is 24.4 Å². The number of aromatic nitrogens is 4. The predicted molar refractivity (Wildman–Crippen MR) is 91.3 cm³/mol. The summed E-state index contributed by atoms with van der Waals surface area (Å²) in [5.41, 5.74) is 8.67. The lowest BCUT2D eigenvalue weighted by Crippen LogP contribution is -2.15. The van der Waals surface area contributed by atoms with Gasteiger partial charge in [0, 0.05) is 18.2 Å². The van der Waals surface area contributed by atoms with Crippen LogP contribution in [-0.2, 0) is 6.61 Å². The van der Waals surface area contributed by atoms with Crippen molar-refractivity contribution >= 4 is 5.91 Å². The molecule has 26 heavy (non-hydrogen) atoms. The molecule has 1 saturated carbocycles. The SMILES string of the molecule is Cc1onc(-c2ccncn2)c1COc1ccc(C(N)=O)c(C2CC2)n1. The lowest BCUT2D eigenvalue weighted by atomic mass is 10.1. The van der Waals surface area contributed by atoms with E-state index < -0.39 is 5.91 Å². The van der Waals surface area contributed by atoms with Crippen LogP contribution in [0.2, 0.25) is 0 Å². The zero-order valence-corrected chi connectivity index (χ0v) is 14.2. The second-order valence-electron chi connectivity index (χ2n) is 6.17. The zero-order valence-electron chi connectivity index (χ0n) is 14.2. The lowest BCUT2D eigenvalue weighted by Gasteiger charge is -2.09. The zero-order chi connectivity index (χ0) is 18.1. The highest BCUT2D eigenvalue weighted by molar-refractivity contribution is 5.94. The van der Waals surface area contributed by atoms with Gasteiger partial charge in [-0.1, -0.05) is 5.16 Å². The van der Waals surface area contributed by atoms with Gasteiger partial charge in [-0.2, -0.15) is 0 Å². The second-order valence-corrected chi connectivity index (χ2v) is 6.17. The molecule has 0 radical (unpaired) electrons. The molecule has 2 N–H and O–H groups in total. The molecule has 0 spiro atoms. The van der Waals surface area contributed by atoms with E-state index in [0.29, 0.717) is 34.3 Å². The topological polar surface area (TPSA) is 117 Å². The summed E-state index contributed by atoms with van der Waals surface area (Å²) in [4.78, 5) is 24.2. The third-order valence-corrected chi connectivity index (χ3v) is 4.30. The smallest absolute Gasteiger partial charge is 0.250 e. The van der Waals surface area contributed by atoms with E-state index in [1.54, 1.807) is 24.4 Å². The van der Waals surface area contributed by atoms with Crippen molar-refractivity contribution in [1.82, 2.24) is 20.1 Å². The summed E-state index contributed by atoms with van der Waals surface area (Å²) >= 11 is 0. The number of pyridine rings is 1. The van der Waals surface area contributed by atoms with E-state index in [-0.39, 0.29) is 12.5 Å². The fraction of sp³-hybridized carbons (Fsp3) is 0.278. The predicted octanol–water partition coefficient (Wildman–Crippen LogP) is 2.39. The van der Waals surface area contributed by atoms with E-state index in [0.717, 1.165) is 18.4 Å². The molecule has 1 aliphatic carbocycles. The maximum atomic E-state index is 11.6. The number of nitrogens with zero attached hydrogens (tertiary/aromatic N) is 4. The van der Waals surface area contributed by atoms with Crippen molar-refractivity contribution in [3.8, 4) is 17.3 Å². The van der Waals surface area contributed by atoms with Crippen molar-refractivity contribution < 1.29 is 14.1 Å². The summed E-state index contributed by atoms with van der Waals surface area (Å²) in [6.07, 6.45) is 5.12. The van der Waals surface area contributed by atoms with E-state index in [2.05, 4.69) is 20.1 Å². The molecule has 132 valence electrons. The van der Waals surface area contributed by atoms with Crippen LogP contribution in [-0.4, -0.2) is 26.0 Å². The third-order valence-electron chi connectivity index (χ3n) is 4.30. The highest BCUT2D eigenvalue weighted by Gasteiger charge is 2.29. The molecule has 1 aliphatic rings. The molecule has 0 saturated heterocycles. The molecule has 1 fully saturated rings. The second kappa shape index (κ2) is 6.55. The number of ether oxygens (including phenoxy) is 1. The molecule has 3 heterocycles. The minimum absolute atomic E-state index is 0.224. The van der Waals surface area contributed by atoms with Crippen LogP contribution in [0.15, 0.2) is 35.2 Å². The summed E-state index contributed by atoms with van der Waals surface area (Å²) in [5, 5.41) is 4.06. The number of hydrogen-bond donors (Lipinski definition) is 1. The molecule has 0 unspecified atom stereocenters. The monoisotopic (exact) mass is 351 g/mol. The summed E-state index contributed by atoms with van der Waals surface area (Å²) < 4.78 is 11.1. The van der Waals surface area contributed by atoms with Crippen LogP contribution in [0.1, 0.15) is 46.1 Å². The molecule has 0 bridgehead atoms. The number of amides is 1. The Morgan fingerprint density at radius 3 is 2.88 bits per heavy atom. The van der Waals surface area contributed by atoms with Gasteiger partial charge in [-0.3, -0.25) is 4.79 Å². The molecule has 0 aromatic carbocycles. The summed E-state index contributed by atoms with van der Waals surface area (Å²) in [5.74, 6) is 0.905. The average molecular weight is 351 g/mol. The van der Waals surface area contributed by atoms with Crippen molar-refractivity contribution in [1.29, 1.82) is 0 Å². The van der Waals surface area contributed by atoms with Crippen LogP contribution in [0, 0.1) is 6.92 Å². The Morgan fingerprint density at radius 1 is 1.35 bits per heavy atom. The lowest BCUT2D eigenvalue weighted by molar-refractivity contribution is 0.0998. The quantitative estimate of drug-likeness (QED) is 0.724. The van der Waals surface area contributed by atoms with Crippen molar-refractivity contribution in [2.45, 2.75) is 32.3 Å². The number of carbonyl (C=O) groups is 1. The molecular formula is C18H17N5O3. The van der Waals surface area contributed by atoms with Gasteiger partial charge in [0.15, 0.2) is 0 Å². The van der Waals surface area contributed by atoms with Crippen LogP contribution >= 0.6 is 0 Å². The fourth-order valence-electron chi connectivity index (χ4n) is 2.75. The van der Waals surface area contributed by atoms with Crippen LogP contribution < -0.4 is 10.5 Å². The van der Waals surface area contributed by atoms with Gasteiger partial charge in [-0.25, -0.2) is 15.0 Å². The van der Waals surface area contributed by atoms with E-state index >= 15 is 0 Å². The third kappa shape index (κ3) is 3.13. The van der Waals surface area contributed by atoms with Crippen molar-refractivity contribution in [2.75, 3.05) is 0 Å². The van der Waals surface area contributed by atoms with Crippen molar-refractivity contribution in [3.63, 3.8) is 0 Å². The Morgan fingerprint density at radius 2 is 2.19 bits per heavy atom. The first-order valence-corrected chi connectivity index (χ1v) is 8.28. The highest BCUT2D eigenvalue weighted by Crippen LogP contribution is 2.41. The molecule has 1 amide bonds. The number of hydrogen-bond acceptors (Lipinski definition) is 7. The molecule has 3 aromatic rings. The van der Waals surface area contributed by atoms with Gasteiger partial charge in [-0.15, -0.1) is 0 Å². The molecule has 8 nitrogen and oxygen atoms in total. The minimum Gasteiger partial charge on any atom is -0.473 e. The van der Waals surface area contributed by atoms with E-state index in [1.165, 1.54) is 6.33 Å². The summed E-state index contributed by atoms with van der Waals surface area (Å²) in [7, 11) is 0. The maximum absolute atomic E-state index is 11.6. The molecule has 0 aliphatic heterocycles. The number of nitrogens with two attached hydrogens (primary N) is 1. The number of rotatable bonds is 6. The van der Waals surface area contributed by atoms with Gasteiger partial charge in [0.05, 0.1) is 22.5 Å². The first-order valence-electron chi connectivity index (χ1n) is 8.28. The first-order chi connectivity index (χ1) is 12.6. The maximum Gasteiger partial charge on any atom is 0.250 e. The Labute approximate surface area is 149 Å². The van der Waals surface area contributed by atoms with Crippen molar-refractivity contribution in [3.05, 3.63) is 53.3 Å². The average Bonchev–Trinajstić information content (AvgIpc) is 3.44. The molecular weight excluding hydrogens is 334 g/mol. The largest absolute Gasteiger partial charge is 0.473 e. The Hall–Kier alpha value is -3.29. The van der Waals surface area contributed by atoms with Gasteiger partial charge < -0.3 is 15.0 Å². The van der Waals surface area contributed by atoms with Crippen molar-refractivity contribution in [2.24, 2.45) is 5.73 Å². The Bertz CT molecular complexity index is 951. The minimum atomic E-state index is -0.466. The number of carbonyl (C=O) groups excluding carboxylic acids is 1. The molecule has 0 atom stereocenters. The van der Waals surface area contributed by atoms with Crippen LogP contribution in [0.5, 0.6) is 5.88 Å². The Kier molecular flexibility index (Phi) is 4.08. The first kappa shape index (κ1) is 16.2. The van der Waals surface area contributed by atoms with Gasteiger partial charge >= 0.3 is 0 Å². The van der Waals surface area contributed by atoms with E-state index in [4.69, 9.17) is 15.0 Å². The van der Waals surface area contributed by atoms with Gasteiger partial charge in [0.2, 0.25) is 5.88 Å². The fourth-order valence-corrected chi connectivity index (χ4v) is 2.75. The molecule has 4 rings (SSSR count). The number of aryl methyl sites for hydroxylation is 1. The van der Waals surface area contributed by atoms with Crippen LogP contribution in [0.25, 0.3) is 11.4 Å². The molecule has 3 aromatic heterocycles. The summed E-state index contributed by atoms with van der Waals surface area (Å²) in [6, 6.07) is 5.08.